The van der Waals surface area contributed by atoms with Crippen molar-refractivity contribution >= 4 is 22.7 Å². The van der Waals surface area contributed by atoms with Crippen LogP contribution >= 0.6 is 0 Å². The highest BCUT2D eigenvalue weighted by molar-refractivity contribution is 6.06. The third-order valence-corrected chi connectivity index (χ3v) is 5.03. The predicted octanol–water partition coefficient (Wildman–Crippen LogP) is 2.89. The van der Waals surface area contributed by atoms with E-state index in [-0.39, 0.29) is 17.7 Å². The summed E-state index contributed by atoms with van der Waals surface area (Å²) in [6.45, 7) is 6.58. The number of carbonyl (C=O) groups is 2. The van der Waals surface area contributed by atoms with E-state index in [2.05, 4.69) is 18.8 Å². The summed E-state index contributed by atoms with van der Waals surface area (Å²) in [5.74, 6) is 0.391. The Labute approximate surface area is 142 Å². The molecular weight excluding hydrogens is 302 g/mol. The molecule has 1 saturated heterocycles. The van der Waals surface area contributed by atoms with Crippen LogP contribution in [0.4, 0.5) is 0 Å². The van der Waals surface area contributed by atoms with Crippen molar-refractivity contribution in [3.8, 4) is 0 Å². The first-order chi connectivity index (χ1) is 11.7. The van der Waals surface area contributed by atoms with Crippen LogP contribution in [0.3, 0.4) is 0 Å². The lowest BCUT2D eigenvalue weighted by Crippen LogP contribution is -2.51. The zero-order valence-corrected chi connectivity index (χ0v) is 14.4. The molecule has 0 radical (unpaired) electrons. The molecule has 128 valence electrons. The lowest BCUT2D eigenvalue weighted by Gasteiger charge is -2.36. The van der Waals surface area contributed by atoms with E-state index in [1.54, 1.807) is 6.20 Å². The number of piperazine rings is 1. The van der Waals surface area contributed by atoms with E-state index in [9.17, 15) is 9.59 Å². The van der Waals surface area contributed by atoms with Gasteiger partial charge in [-0.1, -0.05) is 32.0 Å². The second kappa shape index (κ2) is 7.07. The molecule has 0 spiro atoms. The molecule has 1 aliphatic rings. The van der Waals surface area contributed by atoms with Crippen LogP contribution in [0.1, 0.15) is 37.0 Å². The van der Waals surface area contributed by atoms with Crippen LogP contribution in [0, 0.1) is 5.92 Å². The van der Waals surface area contributed by atoms with Gasteiger partial charge in [0, 0.05) is 49.2 Å². The SMILES string of the molecule is CCC(CC)C(=O)N1CCN(C(=O)c2c[nH]c3ccccc23)CC1. The van der Waals surface area contributed by atoms with Crippen molar-refractivity contribution in [1.29, 1.82) is 0 Å². The number of fused-ring (bicyclic) bond motifs is 1. The average Bonchev–Trinajstić information content (AvgIpc) is 3.06. The molecule has 3 rings (SSSR count). The Balaban J connectivity index is 1.66. The number of aromatic amines is 1. The Morgan fingerprint density at radius 3 is 2.33 bits per heavy atom. The summed E-state index contributed by atoms with van der Waals surface area (Å²) in [5.41, 5.74) is 1.69. The maximum atomic E-state index is 12.8. The lowest BCUT2D eigenvalue weighted by atomic mass is 10.0. The molecule has 1 fully saturated rings. The van der Waals surface area contributed by atoms with Crippen LogP contribution in [0.5, 0.6) is 0 Å². The molecule has 0 unspecified atom stereocenters. The average molecular weight is 327 g/mol. The molecule has 1 aromatic carbocycles. The van der Waals surface area contributed by atoms with Gasteiger partial charge in [-0.15, -0.1) is 0 Å². The first-order valence-corrected chi connectivity index (χ1v) is 8.79. The summed E-state index contributed by atoms with van der Waals surface area (Å²) in [4.78, 5) is 32.2. The molecule has 0 aliphatic carbocycles. The van der Waals surface area contributed by atoms with E-state index in [1.807, 2.05) is 34.1 Å². The minimum Gasteiger partial charge on any atom is -0.360 e. The van der Waals surface area contributed by atoms with Gasteiger partial charge in [0.2, 0.25) is 5.91 Å². The third-order valence-electron chi connectivity index (χ3n) is 5.03. The van der Waals surface area contributed by atoms with Crippen LogP contribution in [0.25, 0.3) is 10.9 Å². The third kappa shape index (κ3) is 3.03. The molecule has 0 saturated carbocycles. The second-order valence-corrected chi connectivity index (χ2v) is 6.38. The first kappa shape index (κ1) is 16.6. The zero-order valence-electron chi connectivity index (χ0n) is 14.4. The molecular formula is C19H25N3O2. The number of H-pyrrole nitrogens is 1. The molecule has 2 aromatic rings. The summed E-state index contributed by atoms with van der Waals surface area (Å²) in [6.07, 6.45) is 3.54. The van der Waals surface area contributed by atoms with Gasteiger partial charge < -0.3 is 14.8 Å². The molecule has 1 aliphatic heterocycles. The lowest BCUT2D eigenvalue weighted by molar-refractivity contribution is -0.137. The largest absolute Gasteiger partial charge is 0.360 e. The number of carbonyl (C=O) groups excluding carboxylic acids is 2. The summed E-state index contributed by atoms with van der Waals surface area (Å²) in [5, 5.41) is 0.957. The van der Waals surface area contributed by atoms with Crippen molar-refractivity contribution in [1.82, 2.24) is 14.8 Å². The van der Waals surface area contributed by atoms with Crippen molar-refractivity contribution in [3.63, 3.8) is 0 Å². The normalized spacial score (nSPS) is 15.3. The van der Waals surface area contributed by atoms with Gasteiger partial charge in [-0.05, 0) is 18.9 Å². The van der Waals surface area contributed by atoms with Crippen molar-refractivity contribution in [3.05, 3.63) is 36.0 Å². The van der Waals surface area contributed by atoms with Gasteiger partial charge >= 0.3 is 0 Å². The number of rotatable bonds is 4. The van der Waals surface area contributed by atoms with Gasteiger partial charge in [0.15, 0.2) is 0 Å². The number of benzene rings is 1. The Morgan fingerprint density at radius 2 is 1.67 bits per heavy atom. The highest BCUT2D eigenvalue weighted by Gasteiger charge is 2.28. The number of amides is 2. The van der Waals surface area contributed by atoms with Crippen molar-refractivity contribution in [2.45, 2.75) is 26.7 Å². The quantitative estimate of drug-likeness (QED) is 0.939. The maximum Gasteiger partial charge on any atom is 0.256 e. The first-order valence-electron chi connectivity index (χ1n) is 8.79. The Morgan fingerprint density at radius 1 is 1.04 bits per heavy atom. The highest BCUT2D eigenvalue weighted by atomic mass is 16.2. The minimum absolute atomic E-state index is 0.0436. The van der Waals surface area contributed by atoms with Crippen molar-refractivity contribution in [2.24, 2.45) is 5.92 Å². The van der Waals surface area contributed by atoms with Gasteiger partial charge in [0.05, 0.1) is 5.56 Å². The van der Waals surface area contributed by atoms with Gasteiger partial charge in [-0.25, -0.2) is 0 Å². The summed E-state index contributed by atoms with van der Waals surface area (Å²) < 4.78 is 0. The fraction of sp³-hybridized carbons (Fsp3) is 0.474. The summed E-state index contributed by atoms with van der Waals surface area (Å²) >= 11 is 0. The number of hydrogen-bond acceptors (Lipinski definition) is 2. The van der Waals surface area contributed by atoms with E-state index in [4.69, 9.17) is 0 Å². The smallest absolute Gasteiger partial charge is 0.256 e. The molecule has 1 aromatic heterocycles. The Hall–Kier alpha value is -2.30. The van der Waals surface area contributed by atoms with Gasteiger partial charge in [0.1, 0.15) is 0 Å². The summed E-state index contributed by atoms with van der Waals surface area (Å²) in [7, 11) is 0. The highest BCUT2D eigenvalue weighted by Crippen LogP contribution is 2.21. The van der Waals surface area contributed by atoms with Crippen molar-refractivity contribution < 1.29 is 9.59 Å². The number of nitrogens with zero attached hydrogens (tertiary/aromatic N) is 2. The monoisotopic (exact) mass is 327 g/mol. The second-order valence-electron chi connectivity index (χ2n) is 6.38. The number of hydrogen-bond donors (Lipinski definition) is 1. The van der Waals surface area contributed by atoms with Gasteiger partial charge in [0.25, 0.3) is 5.91 Å². The molecule has 5 nitrogen and oxygen atoms in total. The fourth-order valence-corrected chi connectivity index (χ4v) is 3.44. The number of nitrogens with one attached hydrogen (secondary N) is 1. The summed E-state index contributed by atoms with van der Waals surface area (Å²) in [6, 6.07) is 7.83. The molecule has 0 atom stereocenters. The van der Waals surface area contributed by atoms with Crippen LogP contribution in [-0.2, 0) is 4.79 Å². The minimum atomic E-state index is 0.0436. The van der Waals surface area contributed by atoms with E-state index >= 15 is 0 Å². The van der Waals surface area contributed by atoms with Gasteiger partial charge in [-0.2, -0.15) is 0 Å². The van der Waals surface area contributed by atoms with Crippen molar-refractivity contribution in [2.75, 3.05) is 26.2 Å². The van der Waals surface area contributed by atoms with E-state index in [0.29, 0.717) is 31.7 Å². The van der Waals surface area contributed by atoms with Gasteiger partial charge in [-0.3, -0.25) is 9.59 Å². The zero-order chi connectivity index (χ0) is 17.1. The van der Waals surface area contributed by atoms with E-state index < -0.39 is 0 Å². The Kier molecular flexibility index (Phi) is 4.88. The molecule has 1 N–H and O–H groups in total. The standard InChI is InChI=1S/C19H25N3O2/c1-3-14(4-2)18(23)21-9-11-22(12-10-21)19(24)16-13-20-17-8-6-5-7-15(16)17/h5-8,13-14,20H,3-4,9-12H2,1-2H3. The Bertz CT molecular complexity index is 725. The topological polar surface area (TPSA) is 56.4 Å². The predicted molar refractivity (Wildman–Crippen MR) is 94.9 cm³/mol. The fourth-order valence-electron chi connectivity index (χ4n) is 3.44. The number of aromatic nitrogens is 1. The van der Waals surface area contributed by atoms with Crippen LogP contribution in [0.2, 0.25) is 0 Å². The molecule has 2 heterocycles. The molecule has 0 bridgehead atoms. The van der Waals surface area contributed by atoms with Crippen LogP contribution in [0.15, 0.2) is 30.5 Å². The maximum absolute atomic E-state index is 12.8. The van der Waals surface area contributed by atoms with Crippen LogP contribution in [-0.4, -0.2) is 52.8 Å². The van der Waals surface area contributed by atoms with E-state index in [1.165, 1.54) is 0 Å². The number of para-hydroxylation sites is 1. The van der Waals surface area contributed by atoms with Crippen LogP contribution < -0.4 is 0 Å². The molecule has 5 heteroatoms. The molecule has 2 amide bonds. The molecule has 24 heavy (non-hydrogen) atoms. The van der Waals surface area contributed by atoms with E-state index in [0.717, 1.165) is 23.7 Å².